The van der Waals surface area contributed by atoms with Gasteiger partial charge in [-0.3, -0.25) is 4.99 Å². The van der Waals surface area contributed by atoms with E-state index in [2.05, 4.69) is 15.6 Å². The molecule has 1 fully saturated rings. The Labute approximate surface area is 152 Å². The van der Waals surface area contributed by atoms with E-state index < -0.39 is 22.6 Å². The molecule has 23 heavy (non-hydrogen) atoms. The van der Waals surface area contributed by atoms with Crippen LogP contribution in [0, 0.1) is 0 Å². The number of guanidine groups is 1. The zero-order valence-electron chi connectivity index (χ0n) is 13.2. The minimum absolute atomic E-state index is 0. The highest BCUT2D eigenvalue weighted by Crippen LogP contribution is 2.20. The Morgan fingerprint density at radius 2 is 2.00 bits per heavy atom. The Balaban J connectivity index is 0.00000484. The summed E-state index contributed by atoms with van der Waals surface area (Å²) in [5.41, 5.74) is 0. The summed E-state index contributed by atoms with van der Waals surface area (Å²) in [6, 6.07) is -0.229. The van der Waals surface area contributed by atoms with Crippen molar-refractivity contribution in [3.05, 3.63) is 0 Å². The fourth-order valence-electron chi connectivity index (χ4n) is 2.29. The second-order valence-electron chi connectivity index (χ2n) is 5.18. The highest BCUT2D eigenvalue weighted by molar-refractivity contribution is 14.0. The van der Waals surface area contributed by atoms with Crippen LogP contribution >= 0.6 is 24.0 Å². The van der Waals surface area contributed by atoms with Crippen molar-refractivity contribution in [3.8, 4) is 0 Å². The quantitative estimate of drug-likeness (QED) is 0.350. The largest absolute Gasteiger partial charge is 0.390 e. The van der Waals surface area contributed by atoms with Crippen molar-refractivity contribution < 1.29 is 21.6 Å². The molecule has 0 aromatic rings. The third kappa shape index (κ3) is 8.94. The molecule has 0 aliphatic carbocycles. The second kappa shape index (κ2) is 9.87. The van der Waals surface area contributed by atoms with Crippen LogP contribution < -0.4 is 10.6 Å². The molecule has 0 amide bonds. The predicted octanol–water partition coefficient (Wildman–Crippen LogP) is 1.54. The monoisotopic (exact) mass is 472 g/mol. The number of halogens is 4. The molecule has 0 unspecified atom stereocenters. The molecule has 1 saturated heterocycles. The minimum Gasteiger partial charge on any atom is -0.357 e. The Kier molecular flexibility index (Phi) is 9.74. The maximum atomic E-state index is 12.1. The smallest absolute Gasteiger partial charge is 0.357 e. The van der Waals surface area contributed by atoms with Crippen LogP contribution in [0.4, 0.5) is 13.2 Å². The van der Waals surface area contributed by atoms with Gasteiger partial charge < -0.3 is 10.6 Å². The SMILES string of the molecule is CCNC(=NC[C@H]1CCCN1S(C)(=O)=O)NCCC(F)(F)F.I. The van der Waals surface area contributed by atoms with E-state index in [0.29, 0.717) is 19.5 Å². The third-order valence-electron chi connectivity index (χ3n) is 3.25. The van der Waals surface area contributed by atoms with Gasteiger partial charge in [0.2, 0.25) is 10.0 Å². The molecule has 2 N–H and O–H groups in total. The van der Waals surface area contributed by atoms with Crippen molar-refractivity contribution in [2.45, 2.75) is 38.4 Å². The van der Waals surface area contributed by atoms with Gasteiger partial charge in [-0.05, 0) is 19.8 Å². The molecule has 1 aliphatic rings. The first-order chi connectivity index (χ1) is 10.1. The van der Waals surface area contributed by atoms with E-state index in [1.165, 1.54) is 4.31 Å². The Hall–Kier alpha value is -0.300. The number of nitrogens with one attached hydrogen (secondary N) is 2. The number of rotatable bonds is 6. The molecule has 1 atom stereocenters. The first-order valence-electron chi connectivity index (χ1n) is 7.19. The molecular weight excluding hydrogens is 448 g/mol. The summed E-state index contributed by atoms with van der Waals surface area (Å²) < 4.78 is 61.0. The fourth-order valence-corrected chi connectivity index (χ4v) is 3.46. The molecule has 1 rings (SSSR count). The van der Waals surface area contributed by atoms with E-state index in [1.807, 2.05) is 0 Å². The first kappa shape index (κ1) is 22.7. The summed E-state index contributed by atoms with van der Waals surface area (Å²) in [7, 11) is -3.27. The number of sulfonamides is 1. The van der Waals surface area contributed by atoms with Gasteiger partial charge in [0.1, 0.15) is 0 Å². The van der Waals surface area contributed by atoms with Crippen LogP contribution in [0.3, 0.4) is 0 Å². The average molecular weight is 472 g/mol. The van der Waals surface area contributed by atoms with E-state index in [1.54, 1.807) is 6.92 Å². The zero-order chi connectivity index (χ0) is 16.8. The number of alkyl halides is 3. The van der Waals surface area contributed by atoms with Gasteiger partial charge in [0, 0.05) is 25.7 Å². The van der Waals surface area contributed by atoms with Crippen LogP contribution in [0.25, 0.3) is 0 Å². The van der Waals surface area contributed by atoms with Gasteiger partial charge in [0.25, 0.3) is 0 Å². The van der Waals surface area contributed by atoms with E-state index in [9.17, 15) is 21.6 Å². The van der Waals surface area contributed by atoms with Crippen molar-refractivity contribution in [3.63, 3.8) is 0 Å². The van der Waals surface area contributed by atoms with Gasteiger partial charge in [-0.1, -0.05) is 0 Å². The molecule has 0 bridgehead atoms. The molecule has 0 saturated carbocycles. The summed E-state index contributed by atoms with van der Waals surface area (Å²) >= 11 is 0. The molecule has 1 aliphatic heterocycles. The maximum Gasteiger partial charge on any atom is 0.390 e. The molecule has 6 nitrogen and oxygen atoms in total. The van der Waals surface area contributed by atoms with Gasteiger partial charge in [0.15, 0.2) is 5.96 Å². The maximum absolute atomic E-state index is 12.1. The summed E-state index contributed by atoms with van der Waals surface area (Å²) in [4.78, 5) is 4.20. The van der Waals surface area contributed by atoms with Crippen molar-refractivity contribution in [2.75, 3.05) is 32.4 Å². The van der Waals surface area contributed by atoms with Crippen LogP contribution in [-0.4, -0.2) is 63.3 Å². The van der Waals surface area contributed by atoms with E-state index in [4.69, 9.17) is 0 Å². The van der Waals surface area contributed by atoms with Gasteiger partial charge >= 0.3 is 6.18 Å². The normalized spacial score (nSPS) is 20.2. The summed E-state index contributed by atoms with van der Waals surface area (Å²) in [5.74, 6) is 0.270. The van der Waals surface area contributed by atoms with Gasteiger partial charge in [-0.2, -0.15) is 17.5 Å². The molecule has 11 heteroatoms. The molecular formula is C12H24F3IN4O2S. The number of hydrogen-bond acceptors (Lipinski definition) is 3. The lowest BCUT2D eigenvalue weighted by Gasteiger charge is -2.21. The Bertz CT molecular complexity index is 485. The van der Waals surface area contributed by atoms with E-state index in [0.717, 1.165) is 12.7 Å². The second-order valence-corrected chi connectivity index (χ2v) is 7.12. The molecule has 0 radical (unpaired) electrons. The standard InChI is InChI=1S/C12H23F3N4O2S.HI/c1-3-16-11(17-7-6-12(13,14)15)18-9-10-5-4-8-19(10)22(2,20)21;/h10H,3-9H2,1-2H3,(H2,16,17,18);1H/t10-;/m1./s1. The fraction of sp³-hybridized carbons (Fsp3) is 0.917. The predicted molar refractivity (Wildman–Crippen MR) is 94.6 cm³/mol. The molecule has 138 valence electrons. The highest BCUT2D eigenvalue weighted by atomic mass is 127. The average Bonchev–Trinajstić information content (AvgIpc) is 2.82. The van der Waals surface area contributed by atoms with Crippen molar-refractivity contribution in [1.29, 1.82) is 0 Å². The van der Waals surface area contributed by atoms with Crippen LogP contribution in [0.1, 0.15) is 26.2 Å². The molecule has 0 aromatic carbocycles. The summed E-state index contributed by atoms with van der Waals surface area (Å²) in [6.07, 6.45) is -2.54. The topological polar surface area (TPSA) is 73.8 Å². The first-order valence-corrected chi connectivity index (χ1v) is 9.04. The van der Waals surface area contributed by atoms with Crippen molar-refractivity contribution >= 4 is 40.0 Å². The van der Waals surface area contributed by atoms with Crippen LogP contribution in [0.5, 0.6) is 0 Å². The molecule has 0 spiro atoms. The highest BCUT2D eigenvalue weighted by Gasteiger charge is 2.31. The lowest BCUT2D eigenvalue weighted by molar-refractivity contribution is -0.132. The number of nitrogens with zero attached hydrogens (tertiary/aromatic N) is 2. The number of aliphatic imine (C=N–C) groups is 1. The summed E-state index contributed by atoms with van der Waals surface area (Å²) in [5, 5.41) is 5.46. The number of hydrogen-bond donors (Lipinski definition) is 2. The Morgan fingerprint density at radius 3 is 2.52 bits per heavy atom. The zero-order valence-corrected chi connectivity index (χ0v) is 16.3. The summed E-state index contributed by atoms with van der Waals surface area (Å²) in [6.45, 7) is 2.75. The third-order valence-corrected chi connectivity index (χ3v) is 4.59. The lowest BCUT2D eigenvalue weighted by Crippen LogP contribution is -2.41. The van der Waals surface area contributed by atoms with Crippen LogP contribution in [-0.2, 0) is 10.0 Å². The lowest BCUT2D eigenvalue weighted by atomic mass is 10.2. The molecule has 1 heterocycles. The van der Waals surface area contributed by atoms with E-state index in [-0.39, 0.29) is 49.1 Å². The van der Waals surface area contributed by atoms with Crippen molar-refractivity contribution in [2.24, 2.45) is 4.99 Å². The van der Waals surface area contributed by atoms with Crippen LogP contribution in [0.2, 0.25) is 0 Å². The van der Waals surface area contributed by atoms with Crippen LogP contribution in [0.15, 0.2) is 4.99 Å². The minimum atomic E-state index is -4.22. The van der Waals surface area contributed by atoms with Gasteiger partial charge in [-0.15, -0.1) is 24.0 Å². The molecule has 0 aromatic heterocycles. The van der Waals surface area contributed by atoms with Gasteiger partial charge in [0.05, 0.1) is 19.2 Å². The van der Waals surface area contributed by atoms with Crippen molar-refractivity contribution in [1.82, 2.24) is 14.9 Å². The Morgan fingerprint density at radius 1 is 1.35 bits per heavy atom. The van der Waals surface area contributed by atoms with Gasteiger partial charge in [-0.25, -0.2) is 8.42 Å². The van der Waals surface area contributed by atoms with E-state index >= 15 is 0 Å².